The molecule has 0 bridgehead atoms. The highest BCUT2D eigenvalue weighted by atomic mass is 16.5. The predicted molar refractivity (Wildman–Crippen MR) is 80.6 cm³/mol. The van der Waals surface area contributed by atoms with E-state index in [4.69, 9.17) is 4.74 Å². The molecule has 1 atom stereocenters. The second-order valence-corrected chi connectivity index (χ2v) is 6.47. The number of ether oxygens (including phenoxy) is 1. The van der Waals surface area contributed by atoms with E-state index in [-0.39, 0.29) is 5.41 Å². The van der Waals surface area contributed by atoms with Crippen LogP contribution in [0.5, 0.6) is 0 Å². The van der Waals surface area contributed by atoms with Crippen molar-refractivity contribution in [3.8, 4) is 0 Å². The molecule has 19 heavy (non-hydrogen) atoms. The minimum absolute atomic E-state index is 0.289. The van der Waals surface area contributed by atoms with Crippen LogP contribution in [0.15, 0.2) is 53.8 Å². The van der Waals surface area contributed by atoms with Crippen LogP contribution >= 0.6 is 0 Å². The van der Waals surface area contributed by atoms with Crippen molar-refractivity contribution in [1.82, 2.24) is 0 Å². The third-order valence-corrected chi connectivity index (χ3v) is 3.65. The van der Waals surface area contributed by atoms with Crippen molar-refractivity contribution in [2.45, 2.75) is 40.7 Å². The molecule has 102 valence electrons. The Bertz CT molecular complexity index is 474. The SMILES string of the molecule is CC1=CC(C(C)(C)C)CC(OCc2ccccc2)=C1. The highest BCUT2D eigenvalue weighted by molar-refractivity contribution is 5.26. The molecule has 0 saturated carbocycles. The number of hydrogen-bond donors (Lipinski definition) is 0. The second-order valence-electron chi connectivity index (χ2n) is 6.47. The summed E-state index contributed by atoms with van der Waals surface area (Å²) in [5.41, 5.74) is 2.83. The summed E-state index contributed by atoms with van der Waals surface area (Å²) in [5, 5.41) is 0. The minimum atomic E-state index is 0.289. The molecule has 1 nitrogen and oxygen atoms in total. The molecule has 2 rings (SSSR count). The molecule has 0 radical (unpaired) electrons. The normalized spacial score (nSPS) is 19.7. The van der Waals surface area contributed by atoms with Gasteiger partial charge in [-0.15, -0.1) is 0 Å². The van der Waals surface area contributed by atoms with Crippen molar-refractivity contribution in [2.24, 2.45) is 11.3 Å². The number of rotatable bonds is 3. The van der Waals surface area contributed by atoms with Gasteiger partial charge in [-0.05, 0) is 29.9 Å². The molecule has 1 heteroatoms. The zero-order valence-electron chi connectivity index (χ0n) is 12.4. The van der Waals surface area contributed by atoms with Gasteiger partial charge in [-0.2, -0.15) is 0 Å². The molecular weight excluding hydrogens is 232 g/mol. The van der Waals surface area contributed by atoms with E-state index in [0.29, 0.717) is 12.5 Å². The third kappa shape index (κ3) is 3.99. The fourth-order valence-electron chi connectivity index (χ4n) is 2.36. The fraction of sp³-hybridized carbons (Fsp3) is 0.444. The van der Waals surface area contributed by atoms with Crippen LogP contribution in [0.1, 0.15) is 39.7 Å². The molecule has 0 aromatic heterocycles. The van der Waals surface area contributed by atoms with E-state index in [1.165, 1.54) is 11.1 Å². The highest BCUT2D eigenvalue weighted by Crippen LogP contribution is 2.36. The van der Waals surface area contributed by atoms with Crippen LogP contribution in [-0.2, 0) is 11.3 Å². The van der Waals surface area contributed by atoms with Gasteiger partial charge in [0, 0.05) is 6.42 Å². The van der Waals surface area contributed by atoms with Gasteiger partial charge in [0.15, 0.2) is 0 Å². The lowest BCUT2D eigenvalue weighted by molar-refractivity contribution is 0.161. The van der Waals surface area contributed by atoms with Crippen LogP contribution in [-0.4, -0.2) is 0 Å². The van der Waals surface area contributed by atoms with Gasteiger partial charge in [0.1, 0.15) is 6.61 Å². The summed E-state index contributed by atoms with van der Waals surface area (Å²) >= 11 is 0. The van der Waals surface area contributed by atoms with Gasteiger partial charge in [0.25, 0.3) is 0 Å². The van der Waals surface area contributed by atoms with Crippen molar-refractivity contribution in [1.29, 1.82) is 0 Å². The summed E-state index contributed by atoms with van der Waals surface area (Å²) in [6.07, 6.45) is 5.55. The van der Waals surface area contributed by atoms with Crippen molar-refractivity contribution in [3.05, 3.63) is 59.4 Å². The van der Waals surface area contributed by atoms with E-state index in [1.54, 1.807) is 0 Å². The van der Waals surface area contributed by atoms with Gasteiger partial charge >= 0.3 is 0 Å². The van der Waals surface area contributed by atoms with E-state index in [9.17, 15) is 0 Å². The Morgan fingerprint density at radius 3 is 2.47 bits per heavy atom. The Kier molecular flexibility index (Phi) is 4.14. The van der Waals surface area contributed by atoms with E-state index in [1.807, 2.05) is 6.07 Å². The largest absolute Gasteiger partial charge is 0.493 e. The summed E-state index contributed by atoms with van der Waals surface area (Å²) in [6.45, 7) is 9.70. The zero-order chi connectivity index (χ0) is 13.9. The first-order chi connectivity index (χ1) is 8.95. The van der Waals surface area contributed by atoms with Crippen LogP contribution in [0.3, 0.4) is 0 Å². The maximum absolute atomic E-state index is 5.99. The average molecular weight is 256 g/mol. The maximum atomic E-state index is 5.99. The maximum Gasteiger partial charge on any atom is 0.113 e. The van der Waals surface area contributed by atoms with Gasteiger partial charge in [-0.1, -0.05) is 62.8 Å². The predicted octanol–water partition coefficient (Wildman–Crippen LogP) is 5.10. The van der Waals surface area contributed by atoms with Gasteiger partial charge in [0.05, 0.1) is 5.76 Å². The molecule has 1 aliphatic carbocycles. The lowest BCUT2D eigenvalue weighted by Crippen LogP contribution is -2.21. The van der Waals surface area contributed by atoms with Gasteiger partial charge < -0.3 is 4.74 Å². The Hall–Kier alpha value is -1.50. The molecule has 0 saturated heterocycles. The van der Waals surface area contributed by atoms with Gasteiger partial charge in [-0.3, -0.25) is 0 Å². The van der Waals surface area contributed by atoms with Crippen LogP contribution in [0.2, 0.25) is 0 Å². The number of allylic oxidation sites excluding steroid dienone is 4. The Labute approximate surface area is 117 Å². The van der Waals surface area contributed by atoms with Crippen molar-refractivity contribution < 1.29 is 4.74 Å². The molecule has 1 aromatic rings. The standard InChI is InChI=1S/C18H24O/c1-14-10-16(18(2,3)4)12-17(11-14)19-13-15-8-6-5-7-9-15/h5-11,16H,12-13H2,1-4H3. The lowest BCUT2D eigenvalue weighted by atomic mass is 9.75. The van der Waals surface area contributed by atoms with E-state index in [0.717, 1.165) is 12.2 Å². The lowest BCUT2D eigenvalue weighted by Gasteiger charge is -2.31. The molecule has 0 aliphatic heterocycles. The molecular formula is C18H24O. The first kappa shape index (κ1) is 13.9. The van der Waals surface area contributed by atoms with Crippen molar-refractivity contribution in [3.63, 3.8) is 0 Å². The molecule has 0 spiro atoms. The summed E-state index contributed by atoms with van der Waals surface area (Å²) in [6, 6.07) is 10.3. The first-order valence-corrected chi connectivity index (χ1v) is 7.01. The topological polar surface area (TPSA) is 9.23 Å². The number of hydrogen-bond acceptors (Lipinski definition) is 1. The van der Waals surface area contributed by atoms with Crippen LogP contribution < -0.4 is 0 Å². The van der Waals surface area contributed by atoms with Crippen LogP contribution in [0.25, 0.3) is 0 Å². The zero-order valence-corrected chi connectivity index (χ0v) is 12.4. The summed E-state index contributed by atoms with van der Waals surface area (Å²) < 4.78 is 5.99. The molecule has 1 aliphatic rings. The molecule has 0 amide bonds. The third-order valence-electron chi connectivity index (χ3n) is 3.65. The Morgan fingerprint density at radius 2 is 1.84 bits per heavy atom. The van der Waals surface area contributed by atoms with Crippen LogP contribution in [0.4, 0.5) is 0 Å². The Balaban J connectivity index is 2.00. The smallest absolute Gasteiger partial charge is 0.113 e. The molecule has 1 aromatic carbocycles. The summed E-state index contributed by atoms with van der Waals surface area (Å²) in [4.78, 5) is 0. The Morgan fingerprint density at radius 1 is 1.16 bits per heavy atom. The quantitative estimate of drug-likeness (QED) is 0.731. The van der Waals surface area contributed by atoms with Crippen LogP contribution in [0, 0.1) is 11.3 Å². The second kappa shape index (κ2) is 5.64. The number of benzene rings is 1. The molecule has 0 heterocycles. The van der Waals surface area contributed by atoms with Crippen molar-refractivity contribution in [2.75, 3.05) is 0 Å². The molecule has 0 fully saturated rings. The molecule has 0 N–H and O–H groups in total. The minimum Gasteiger partial charge on any atom is -0.493 e. The monoisotopic (exact) mass is 256 g/mol. The summed E-state index contributed by atoms with van der Waals surface area (Å²) in [5.74, 6) is 1.67. The van der Waals surface area contributed by atoms with E-state index >= 15 is 0 Å². The molecule has 1 unspecified atom stereocenters. The van der Waals surface area contributed by atoms with E-state index < -0.39 is 0 Å². The van der Waals surface area contributed by atoms with Gasteiger partial charge in [-0.25, -0.2) is 0 Å². The average Bonchev–Trinajstić information content (AvgIpc) is 2.36. The first-order valence-electron chi connectivity index (χ1n) is 7.01. The summed E-state index contributed by atoms with van der Waals surface area (Å²) in [7, 11) is 0. The van der Waals surface area contributed by atoms with Crippen molar-refractivity contribution >= 4 is 0 Å². The highest BCUT2D eigenvalue weighted by Gasteiger charge is 2.26. The van der Waals surface area contributed by atoms with Gasteiger partial charge in [0.2, 0.25) is 0 Å². The fourth-order valence-corrected chi connectivity index (χ4v) is 2.36. The van der Waals surface area contributed by atoms with E-state index in [2.05, 4.69) is 64.1 Å².